The molecule has 24 heavy (non-hydrogen) atoms. The number of fused-ring (bicyclic) bond motifs is 5. The van der Waals surface area contributed by atoms with E-state index in [-0.39, 0.29) is 22.9 Å². The molecular weight excluding hydrogens is 296 g/mol. The van der Waals surface area contributed by atoms with Gasteiger partial charge in [-0.3, -0.25) is 4.79 Å². The number of carbonyl (C=O) groups is 1. The van der Waals surface area contributed by atoms with Gasteiger partial charge in [0.05, 0.1) is 6.10 Å². The Morgan fingerprint density at radius 2 is 1.96 bits per heavy atom. The lowest BCUT2D eigenvalue weighted by Gasteiger charge is -2.58. The molecule has 7 atom stereocenters. The van der Waals surface area contributed by atoms with Crippen LogP contribution in [-0.2, 0) is 4.79 Å². The van der Waals surface area contributed by atoms with Gasteiger partial charge in [-0.1, -0.05) is 37.6 Å². The molecule has 0 radical (unpaired) electrons. The fourth-order valence-electron chi connectivity index (χ4n) is 7.34. The normalized spacial score (nSPS) is 50.6. The zero-order valence-corrected chi connectivity index (χ0v) is 15.5. The fourth-order valence-corrected chi connectivity index (χ4v) is 7.34. The second kappa shape index (κ2) is 5.30. The van der Waals surface area contributed by atoms with Gasteiger partial charge in [0.1, 0.15) is 5.78 Å². The van der Waals surface area contributed by atoms with Crippen LogP contribution in [0.25, 0.3) is 0 Å². The van der Waals surface area contributed by atoms with E-state index in [0.29, 0.717) is 23.5 Å². The Balaban J connectivity index is 1.70. The minimum atomic E-state index is -0.240. The van der Waals surface area contributed by atoms with Crippen LogP contribution >= 0.6 is 0 Å². The van der Waals surface area contributed by atoms with Crippen LogP contribution in [-0.4, -0.2) is 17.0 Å². The van der Waals surface area contributed by atoms with Gasteiger partial charge < -0.3 is 5.11 Å². The van der Waals surface area contributed by atoms with Crippen molar-refractivity contribution in [3.05, 3.63) is 23.8 Å². The number of aliphatic hydroxyl groups is 1. The zero-order valence-electron chi connectivity index (χ0n) is 15.5. The third-order valence-corrected chi connectivity index (χ3v) is 8.64. The summed E-state index contributed by atoms with van der Waals surface area (Å²) in [6.45, 7) is 11.0. The molecule has 1 N–H and O–H groups in total. The van der Waals surface area contributed by atoms with E-state index in [1.54, 1.807) is 6.92 Å². The average molecular weight is 328 g/mol. The van der Waals surface area contributed by atoms with Gasteiger partial charge in [-0.2, -0.15) is 0 Å². The van der Waals surface area contributed by atoms with E-state index in [2.05, 4.69) is 26.5 Å². The number of rotatable bonds is 1. The first-order valence-corrected chi connectivity index (χ1v) is 9.84. The summed E-state index contributed by atoms with van der Waals surface area (Å²) in [5.41, 5.74) is 2.98. The minimum absolute atomic E-state index is 0.0811. The van der Waals surface area contributed by atoms with Crippen molar-refractivity contribution in [1.29, 1.82) is 0 Å². The van der Waals surface area contributed by atoms with Gasteiger partial charge in [0, 0.05) is 11.3 Å². The van der Waals surface area contributed by atoms with Crippen LogP contribution < -0.4 is 0 Å². The molecule has 0 aromatic heterocycles. The molecule has 132 valence electrons. The molecule has 4 aliphatic carbocycles. The maximum atomic E-state index is 12.2. The smallest absolute Gasteiger partial charge is 0.133 e. The Labute approximate surface area is 146 Å². The summed E-state index contributed by atoms with van der Waals surface area (Å²) in [6, 6.07) is 0. The summed E-state index contributed by atoms with van der Waals surface area (Å²) in [5.74, 6) is 2.70. The highest BCUT2D eigenvalue weighted by molar-refractivity contribution is 5.79. The number of ketones is 1. The summed E-state index contributed by atoms with van der Waals surface area (Å²) >= 11 is 0. The first-order chi connectivity index (χ1) is 11.3. The van der Waals surface area contributed by atoms with Gasteiger partial charge in [0.15, 0.2) is 0 Å². The molecule has 2 nitrogen and oxygen atoms in total. The molecule has 0 spiro atoms. The molecular formula is C22H32O2. The van der Waals surface area contributed by atoms with Crippen molar-refractivity contribution in [3.63, 3.8) is 0 Å². The molecule has 3 unspecified atom stereocenters. The average Bonchev–Trinajstić information content (AvgIpc) is 2.86. The predicted octanol–water partition coefficient (Wildman–Crippen LogP) is 4.68. The van der Waals surface area contributed by atoms with Crippen LogP contribution in [0, 0.1) is 34.5 Å². The quantitative estimate of drug-likeness (QED) is 0.710. The van der Waals surface area contributed by atoms with Crippen LogP contribution in [0.1, 0.15) is 65.7 Å². The molecule has 0 aromatic carbocycles. The molecule has 0 saturated heterocycles. The van der Waals surface area contributed by atoms with Crippen molar-refractivity contribution in [3.8, 4) is 0 Å². The lowest BCUT2D eigenvalue weighted by atomic mass is 9.46. The second-order valence-corrected chi connectivity index (χ2v) is 9.49. The van der Waals surface area contributed by atoms with E-state index in [4.69, 9.17) is 0 Å². The van der Waals surface area contributed by atoms with Gasteiger partial charge in [0.25, 0.3) is 0 Å². The molecule has 0 heterocycles. The molecule has 0 aromatic rings. The van der Waals surface area contributed by atoms with Crippen molar-refractivity contribution >= 4 is 5.78 Å². The van der Waals surface area contributed by atoms with Crippen molar-refractivity contribution in [2.45, 2.75) is 71.8 Å². The number of Topliss-reactive ketones (excluding diaryl/α,β-unsaturated/α-hetero) is 1. The molecule has 0 bridgehead atoms. The number of hydrogen-bond donors (Lipinski definition) is 1. The van der Waals surface area contributed by atoms with Crippen molar-refractivity contribution in [1.82, 2.24) is 0 Å². The third kappa shape index (κ3) is 2.01. The topological polar surface area (TPSA) is 37.3 Å². The van der Waals surface area contributed by atoms with Gasteiger partial charge in [-0.05, 0) is 75.0 Å². The van der Waals surface area contributed by atoms with Gasteiger partial charge >= 0.3 is 0 Å². The molecule has 0 aliphatic heterocycles. The monoisotopic (exact) mass is 328 g/mol. The Morgan fingerprint density at radius 1 is 1.21 bits per heavy atom. The molecule has 0 amide bonds. The number of carbonyl (C=O) groups excluding carboxylic acids is 1. The van der Waals surface area contributed by atoms with E-state index < -0.39 is 0 Å². The van der Waals surface area contributed by atoms with E-state index in [9.17, 15) is 9.90 Å². The van der Waals surface area contributed by atoms with Crippen molar-refractivity contribution in [2.24, 2.45) is 34.5 Å². The van der Waals surface area contributed by atoms with Gasteiger partial charge in [0.2, 0.25) is 0 Å². The fraction of sp³-hybridized carbons (Fsp3) is 0.773. The largest absolute Gasteiger partial charge is 0.392 e. The summed E-state index contributed by atoms with van der Waals surface area (Å²) in [5, 5.41) is 10.2. The van der Waals surface area contributed by atoms with E-state index in [1.807, 2.05) is 0 Å². The van der Waals surface area contributed by atoms with E-state index >= 15 is 0 Å². The van der Waals surface area contributed by atoms with Gasteiger partial charge in [-0.25, -0.2) is 0 Å². The van der Waals surface area contributed by atoms with E-state index in [1.165, 1.54) is 30.4 Å². The SMILES string of the molecule is C=C1C[C@H](O)CC2=CCC3C(CC[C@@]4(C)C3CC[C@@H]4C(C)=O)[C@]12C. The summed E-state index contributed by atoms with van der Waals surface area (Å²) in [6.07, 6.45) is 9.62. The van der Waals surface area contributed by atoms with Crippen LogP contribution in [0.5, 0.6) is 0 Å². The first-order valence-electron chi connectivity index (χ1n) is 9.84. The van der Waals surface area contributed by atoms with E-state index in [0.717, 1.165) is 25.7 Å². The summed E-state index contributed by atoms with van der Waals surface area (Å²) < 4.78 is 0. The Morgan fingerprint density at radius 3 is 2.67 bits per heavy atom. The second-order valence-electron chi connectivity index (χ2n) is 9.49. The molecule has 2 heteroatoms. The van der Waals surface area contributed by atoms with Crippen molar-refractivity contribution < 1.29 is 9.90 Å². The highest BCUT2D eigenvalue weighted by atomic mass is 16.3. The first kappa shape index (κ1) is 16.6. The highest BCUT2D eigenvalue weighted by Crippen LogP contribution is 2.66. The third-order valence-electron chi connectivity index (χ3n) is 8.64. The molecule has 3 fully saturated rings. The maximum Gasteiger partial charge on any atom is 0.133 e. The standard InChI is InChI=1S/C22H32O2/c1-13-11-16(24)12-15-5-6-17-19-8-7-18(14(2)23)21(19,3)10-9-20(17)22(13,15)4/h5,16-20,24H,1,6-12H2,2-4H3/t16-,17?,18+,19?,20?,21+,22+/m0/s1. The van der Waals surface area contributed by atoms with Gasteiger partial charge in [-0.15, -0.1) is 0 Å². The summed E-state index contributed by atoms with van der Waals surface area (Å²) in [4.78, 5) is 12.2. The molecule has 4 aliphatic rings. The number of allylic oxidation sites excluding steroid dienone is 1. The molecule has 4 rings (SSSR count). The predicted molar refractivity (Wildman–Crippen MR) is 96.4 cm³/mol. The minimum Gasteiger partial charge on any atom is -0.392 e. The van der Waals surface area contributed by atoms with Crippen LogP contribution in [0.2, 0.25) is 0 Å². The zero-order chi connectivity index (χ0) is 17.3. The van der Waals surface area contributed by atoms with Crippen LogP contribution in [0.4, 0.5) is 0 Å². The summed E-state index contributed by atoms with van der Waals surface area (Å²) in [7, 11) is 0. The Hall–Kier alpha value is -0.890. The number of hydrogen-bond acceptors (Lipinski definition) is 2. The van der Waals surface area contributed by atoms with Crippen LogP contribution in [0.15, 0.2) is 23.8 Å². The lowest BCUT2D eigenvalue weighted by molar-refractivity contribution is -0.127. The Kier molecular flexibility index (Phi) is 3.66. The molecule has 3 saturated carbocycles. The lowest BCUT2D eigenvalue weighted by Crippen LogP contribution is -2.51. The van der Waals surface area contributed by atoms with Crippen molar-refractivity contribution in [2.75, 3.05) is 0 Å². The number of aliphatic hydroxyl groups excluding tert-OH is 1. The van der Waals surface area contributed by atoms with Crippen LogP contribution in [0.3, 0.4) is 0 Å². The maximum absolute atomic E-state index is 12.2. The Bertz CT molecular complexity index is 617. The highest BCUT2D eigenvalue weighted by Gasteiger charge is 2.59.